The maximum atomic E-state index is 8.92. The second-order valence-electron chi connectivity index (χ2n) is 3.74. The highest BCUT2D eigenvalue weighted by Crippen LogP contribution is 2.18. The van der Waals surface area contributed by atoms with Gasteiger partial charge in [0.2, 0.25) is 0 Å². The summed E-state index contributed by atoms with van der Waals surface area (Å²) in [6.45, 7) is 1.98. The lowest BCUT2D eigenvalue weighted by Crippen LogP contribution is -2.27. The number of nitriles is 1. The molecule has 1 aliphatic heterocycles. The number of likely N-dealkylation sites (tertiary alicyclic amines) is 1. The van der Waals surface area contributed by atoms with Crippen molar-refractivity contribution in [3.63, 3.8) is 0 Å². The first-order valence-corrected chi connectivity index (χ1v) is 5.08. The smallest absolute Gasteiger partial charge is 0.0981 e. The fourth-order valence-electron chi connectivity index (χ4n) is 1.98. The lowest BCUT2D eigenvalue weighted by molar-refractivity contribution is 0.286. The molecule has 1 aromatic carbocycles. The Kier molecular flexibility index (Phi) is 2.81. The number of benzene rings is 1. The zero-order valence-corrected chi connectivity index (χ0v) is 8.19. The van der Waals surface area contributed by atoms with Crippen molar-refractivity contribution in [2.45, 2.75) is 25.4 Å². The van der Waals surface area contributed by atoms with E-state index < -0.39 is 0 Å². The number of nitrogens with zero attached hydrogens (tertiary/aromatic N) is 2. The minimum Gasteiger partial charge on any atom is -0.284 e. The van der Waals surface area contributed by atoms with Gasteiger partial charge in [0.05, 0.1) is 12.1 Å². The maximum Gasteiger partial charge on any atom is 0.0981 e. The summed E-state index contributed by atoms with van der Waals surface area (Å²) < 4.78 is 0. The summed E-state index contributed by atoms with van der Waals surface area (Å²) in [5.41, 5.74) is 1.30. The molecular weight excluding hydrogens is 172 g/mol. The van der Waals surface area contributed by atoms with Gasteiger partial charge in [-0.3, -0.25) is 4.90 Å². The predicted molar refractivity (Wildman–Crippen MR) is 55.5 cm³/mol. The molecule has 2 rings (SSSR count). The van der Waals surface area contributed by atoms with Crippen molar-refractivity contribution in [1.29, 1.82) is 5.26 Å². The minimum atomic E-state index is 0.134. The van der Waals surface area contributed by atoms with E-state index in [-0.39, 0.29) is 6.04 Å². The highest BCUT2D eigenvalue weighted by Gasteiger charge is 2.23. The van der Waals surface area contributed by atoms with Gasteiger partial charge in [0.15, 0.2) is 0 Å². The first kappa shape index (κ1) is 9.23. The summed E-state index contributed by atoms with van der Waals surface area (Å²) in [6, 6.07) is 12.9. The number of rotatable bonds is 2. The van der Waals surface area contributed by atoms with E-state index in [2.05, 4.69) is 23.1 Å². The molecule has 0 saturated carbocycles. The first-order chi connectivity index (χ1) is 6.90. The fourth-order valence-corrected chi connectivity index (χ4v) is 1.98. The van der Waals surface area contributed by atoms with Gasteiger partial charge < -0.3 is 0 Å². The van der Waals surface area contributed by atoms with Crippen LogP contribution in [-0.2, 0) is 6.54 Å². The van der Waals surface area contributed by atoms with Crippen molar-refractivity contribution in [3.8, 4) is 6.07 Å². The molecule has 0 N–H and O–H groups in total. The lowest BCUT2D eigenvalue weighted by atomic mass is 10.2. The van der Waals surface area contributed by atoms with Crippen LogP contribution in [0.1, 0.15) is 18.4 Å². The molecule has 1 aliphatic rings. The lowest BCUT2D eigenvalue weighted by Gasteiger charge is -2.18. The van der Waals surface area contributed by atoms with Gasteiger partial charge >= 0.3 is 0 Å². The summed E-state index contributed by atoms with van der Waals surface area (Å²) in [5.74, 6) is 0. The molecule has 0 spiro atoms. The van der Waals surface area contributed by atoms with Crippen LogP contribution in [0, 0.1) is 11.3 Å². The Labute approximate surface area is 84.8 Å². The highest BCUT2D eigenvalue weighted by molar-refractivity contribution is 5.15. The van der Waals surface area contributed by atoms with Crippen LogP contribution >= 0.6 is 0 Å². The standard InChI is InChI=1S/C12H14N2/c13-9-12-7-4-8-14(12)10-11-5-2-1-3-6-11/h1-3,5-6,12H,4,7-8,10H2/t12-/m0/s1. The summed E-state index contributed by atoms with van der Waals surface area (Å²) in [4.78, 5) is 2.26. The molecule has 1 atom stereocenters. The van der Waals surface area contributed by atoms with Gasteiger partial charge in [-0.05, 0) is 24.9 Å². The average molecular weight is 186 g/mol. The quantitative estimate of drug-likeness (QED) is 0.707. The predicted octanol–water partition coefficient (Wildman–Crippen LogP) is 2.17. The van der Waals surface area contributed by atoms with Crippen LogP contribution in [0.2, 0.25) is 0 Å². The topological polar surface area (TPSA) is 27.0 Å². The Morgan fingerprint density at radius 1 is 1.36 bits per heavy atom. The molecule has 1 aromatic rings. The van der Waals surface area contributed by atoms with E-state index in [0.717, 1.165) is 25.9 Å². The van der Waals surface area contributed by atoms with Crippen LogP contribution in [-0.4, -0.2) is 17.5 Å². The largest absolute Gasteiger partial charge is 0.284 e. The third-order valence-electron chi connectivity index (χ3n) is 2.74. The molecule has 1 fully saturated rings. The Morgan fingerprint density at radius 3 is 2.86 bits per heavy atom. The van der Waals surface area contributed by atoms with E-state index in [0.29, 0.717) is 0 Å². The highest BCUT2D eigenvalue weighted by atomic mass is 15.2. The fraction of sp³-hybridized carbons (Fsp3) is 0.417. The van der Waals surface area contributed by atoms with Gasteiger partial charge in [-0.25, -0.2) is 0 Å². The van der Waals surface area contributed by atoms with Crippen LogP contribution in [0.3, 0.4) is 0 Å². The molecule has 0 amide bonds. The Morgan fingerprint density at radius 2 is 2.14 bits per heavy atom. The Bertz CT molecular complexity index is 326. The van der Waals surface area contributed by atoms with E-state index in [1.807, 2.05) is 18.2 Å². The molecule has 0 bridgehead atoms. The molecular formula is C12H14N2. The molecule has 1 heterocycles. The zero-order valence-electron chi connectivity index (χ0n) is 8.19. The summed E-state index contributed by atoms with van der Waals surface area (Å²) in [7, 11) is 0. The van der Waals surface area contributed by atoms with E-state index in [4.69, 9.17) is 5.26 Å². The molecule has 2 heteroatoms. The van der Waals surface area contributed by atoms with Crippen molar-refractivity contribution < 1.29 is 0 Å². The molecule has 2 nitrogen and oxygen atoms in total. The van der Waals surface area contributed by atoms with Crippen molar-refractivity contribution in [2.75, 3.05) is 6.54 Å². The Balaban J connectivity index is 2.01. The summed E-state index contributed by atoms with van der Waals surface area (Å²) >= 11 is 0. The minimum absolute atomic E-state index is 0.134. The first-order valence-electron chi connectivity index (χ1n) is 5.08. The molecule has 0 aromatic heterocycles. The van der Waals surface area contributed by atoms with Crippen LogP contribution in [0.25, 0.3) is 0 Å². The van der Waals surface area contributed by atoms with Crippen molar-refractivity contribution in [1.82, 2.24) is 4.90 Å². The van der Waals surface area contributed by atoms with E-state index in [9.17, 15) is 0 Å². The van der Waals surface area contributed by atoms with E-state index in [1.54, 1.807) is 0 Å². The number of hydrogen-bond donors (Lipinski definition) is 0. The van der Waals surface area contributed by atoms with Crippen molar-refractivity contribution in [3.05, 3.63) is 35.9 Å². The second-order valence-corrected chi connectivity index (χ2v) is 3.74. The molecule has 0 unspecified atom stereocenters. The molecule has 72 valence electrons. The van der Waals surface area contributed by atoms with Crippen LogP contribution in [0.15, 0.2) is 30.3 Å². The van der Waals surface area contributed by atoms with Gasteiger partial charge in [-0.1, -0.05) is 30.3 Å². The average Bonchev–Trinajstić information content (AvgIpc) is 2.67. The molecule has 14 heavy (non-hydrogen) atoms. The normalized spacial score (nSPS) is 22.1. The van der Waals surface area contributed by atoms with Crippen LogP contribution < -0.4 is 0 Å². The van der Waals surface area contributed by atoms with Crippen molar-refractivity contribution >= 4 is 0 Å². The van der Waals surface area contributed by atoms with Gasteiger partial charge in [0.25, 0.3) is 0 Å². The third kappa shape index (κ3) is 1.94. The van der Waals surface area contributed by atoms with E-state index in [1.165, 1.54) is 5.56 Å². The molecule has 0 aliphatic carbocycles. The van der Waals surface area contributed by atoms with Crippen molar-refractivity contribution in [2.24, 2.45) is 0 Å². The molecule has 0 radical (unpaired) electrons. The number of hydrogen-bond acceptors (Lipinski definition) is 2. The van der Waals surface area contributed by atoms with Gasteiger partial charge in [-0.2, -0.15) is 5.26 Å². The van der Waals surface area contributed by atoms with Crippen LogP contribution in [0.5, 0.6) is 0 Å². The van der Waals surface area contributed by atoms with Gasteiger partial charge in [-0.15, -0.1) is 0 Å². The maximum absolute atomic E-state index is 8.92. The van der Waals surface area contributed by atoms with E-state index >= 15 is 0 Å². The van der Waals surface area contributed by atoms with Crippen LogP contribution in [0.4, 0.5) is 0 Å². The summed E-state index contributed by atoms with van der Waals surface area (Å²) in [6.07, 6.45) is 2.19. The second kappa shape index (κ2) is 4.26. The van der Waals surface area contributed by atoms with Gasteiger partial charge in [0, 0.05) is 6.54 Å². The zero-order chi connectivity index (χ0) is 9.80. The third-order valence-corrected chi connectivity index (χ3v) is 2.74. The van der Waals surface area contributed by atoms with Gasteiger partial charge in [0.1, 0.15) is 0 Å². The monoisotopic (exact) mass is 186 g/mol. The summed E-state index contributed by atoms with van der Waals surface area (Å²) in [5, 5.41) is 8.92. The Hall–Kier alpha value is -1.33. The molecule has 1 saturated heterocycles. The SMILES string of the molecule is N#C[C@@H]1CCCN1Cc1ccccc1.